The molecule has 0 radical (unpaired) electrons. The second-order valence-electron chi connectivity index (χ2n) is 5.83. The van der Waals surface area contributed by atoms with Gasteiger partial charge in [-0.05, 0) is 68.8 Å². The van der Waals surface area contributed by atoms with Crippen molar-refractivity contribution in [3.8, 4) is 5.69 Å². The van der Waals surface area contributed by atoms with Crippen LogP contribution in [0.3, 0.4) is 0 Å². The molecular weight excluding hydrogens is 323 g/mol. The molecule has 0 aliphatic heterocycles. The van der Waals surface area contributed by atoms with Gasteiger partial charge in [0.15, 0.2) is 0 Å². The number of benzene rings is 2. The molecule has 0 amide bonds. The molecule has 0 unspecified atom stereocenters. The lowest BCUT2D eigenvalue weighted by molar-refractivity contribution is 0.627. The van der Waals surface area contributed by atoms with E-state index in [-0.39, 0.29) is 5.82 Å². The van der Waals surface area contributed by atoms with E-state index < -0.39 is 0 Å². The van der Waals surface area contributed by atoms with E-state index in [1.54, 1.807) is 12.1 Å². The first-order chi connectivity index (χ1) is 11.5. The van der Waals surface area contributed by atoms with Crippen LogP contribution < -0.4 is 0 Å². The Morgan fingerprint density at radius 1 is 1.00 bits per heavy atom. The third-order valence-electron chi connectivity index (χ3n) is 4.06. The molecule has 24 heavy (non-hydrogen) atoms. The van der Waals surface area contributed by atoms with E-state index in [9.17, 15) is 4.39 Å². The molecule has 2 aromatic carbocycles. The maximum Gasteiger partial charge on any atom is 0.123 e. The predicted molar refractivity (Wildman–Crippen MR) is 98.6 cm³/mol. The highest BCUT2D eigenvalue weighted by Gasteiger charge is 2.09. The second-order valence-corrected chi connectivity index (χ2v) is 6.24. The van der Waals surface area contributed by atoms with Gasteiger partial charge in [0.1, 0.15) is 5.82 Å². The Bertz CT molecular complexity index is 908. The quantitative estimate of drug-likeness (QED) is 0.524. The van der Waals surface area contributed by atoms with Gasteiger partial charge in [0.05, 0.1) is 5.69 Å². The standard InChI is InChI=1S/C20H18ClFN2/c1-13-4-7-18(11-20(13)21)23-12-16-10-14(2)24(15(16)3)19-8-5-17(22)6-9-19/h4-12H,1-3H3. The van der Waals surface area contributed by atoms with Crippen LogP contribution in [-0.2, 0) is 0 Å². The first kappa shape index (κ1) is 16.5. The first-order valence-electron chi connectivity index (χ1n) is 7.71. The van der Waals surface area contributed by atoms with Crippen LogP contribution in [0.1, 0.15) is 22.5 Å². The fraction of sp³-hybridized carbons (Fsp3) is 0.150. The number of rotatable bonds is 3. The largest absolute Gasteiger partial charge is 0.318 e. The van der Waals surface area contributed by atoms with Gasteiger partial charge in [0.2, 0.25) is 0 Å². The van der Waals surface area contributed by atoms with Crippen molar-refractivity contribution in [1.29, 1.82) is 0 Å². The highest BCUT2D eigenvalue weighted by molar-refractivity contribution is 6.31. The van der Waals surface area contributed by atoms with Crippen molar-refractivity contribution in [3.63, 3.8) is 0 Å². The van der Waals surface area contributed by atoms with Crippen molar-refractivity contribution in [2.45, 2.75) is 20.8 Å². The fourth-order valence-corrected chi connectivity index (χ4v) is 2.89. The molecule has 4 heteroatoms. The summed E-state index contributed by atoms with van der Waals surface area (Å²) in [5, 5.41) is 0.710. The zero-order valence-electron chi connectivity index (χ0n) is 13.8. The van der Waals surface area contributed by atoms with Crippen molar-refractivity contribution in [3.05, 3.63) is 81.9 Å². The molecule has 122 valence electrons. The lowest BCUT2D eigenvalue weighted by Gasteiger charge is -2.09. The lowest BCUT2D eigenvalue weighted by atomic mass is 10.2. The summed E-state index contributed by atoms with van der Waals surface area (Å²) in [6.45, 7) is 6.02. The molecule has 0 spiro atoms. The zero-order chi connectivity index (χ0) is 17.3. The van der Waals surface area contributed by atoms with Gasteiger partial charge in [-0.1, -0.05) is 17.7 Å². The molecule has 0 aliphatic rings. The van der Waals surface area contributed by atoms with Crippen LogP contribution in [-0.4, -0.2) is 10.8 Å². The van der Waals surface area contributed by atoms with E-state index in [0.29, 0.717) is 5.02 Å². The Balaban J connectivity index is 1.95. The number of aryl methyl sites for hydroxylation is 2. The van der Waals surface area contributed by atoms with Gasteiger partial charge in [-0.2, -0.15) is 0 Å². The molecule has 0 saturated carbocycles. The van der Waals surface area contributed by atoms with Crippen LogP contribution in [0.4, 0.5) is 10.1 Å². The first-order valence-corrected chi connectivity index (χ1v) is 8.08. The molecule has 0 N–H and O–H groups in total. The van der Waals surface area contributed by atoms with Gasteiger partial charge in [0, 0.05) is 33.9 Å². The molecule has 3 aromatic rings. The van der Waals surface area contributed by atoms with E-state index >= 15 is 0 Å². The van der Waals surface area contributed by atoms with Gasteiger partial charge >= 0.3 is 0 Å². The summed E-state index contributed by atoms with van der Waals surface area (Å²) in [4.78, 5) is 4.52. The summed E-state index contributed by atoms with van der Waals surface area (Å²) in [5.74, 6) is -0.237. The number of hydrogen-bond donors (Lipinski definition) is 0. The number of hydrogen-bond acceptors (Lipinski definition) is 1. The molecule has 0 atom stereocenters. The highest BCUT2D eigenvalue weighted by atomic mass is 35.5. The molecule has 1 aromatic heterocycles. The van der Waals surface area contributed by atoms with Crippen LogP contribution in [0.2, 0.25) is 5.02 Å². The molecule has 3 rings (SSSR count). The normalized spacial score (nSPS) is 11.4. The van der Waals surface area contributed by atoms with Gasteiger partial charge in [-0.25, -0.2) is 4.39 Å². The minimum absolute atomic E-state index is 0.237. The Labute approximate surface area is 146 Å². The Kier molecular flexibility index (Phi) is 4.54. The van der Waals surface area contributed by atoms with Gasteiger partial charge in [-0.3, -0.25) is 4.99 Å². The third kappa shape index (κ3) is 3.26. The minimum atomic E-state index is -0.237. The number of aliphatic imine (C=N–C) groups is 1. The summed E-state index contributed by atoms with van der Waals surface area (Å²) in [6.07, 6.45) is 1.84. The van der Waals surface area contributed by atoms with Crippen LogP contribution >= 0.6 is 11.6 Å². The average molecular weight is 341 g/mol. The second kappa shape index (κ2) is 6.62. The van der Waals surface area contributed by atoms with Crippen molar-refractivity contribution in [2.75, 3.05) is 0 Å². The predicted octanol–water partition coefficient (Wildman–Crippen LogP) is 5.95. The van der Waals surface area contributed by atoms with E-state index in [1.807, 2.05) is 45.2 Å². The molecule has 2 nitrogen and oxygen atoms in total. The summed E-state index contributed by atoms with van der Waals surface area (Å²) in [7, 11) is 0. The van der Waals surface area contributed by atoms with Gasteiger partial charge < -0.3 is 4.57 Å². The Morgan fingerprint density at radius 3 is 2.38 bits per heavy atom. The van der Waals surface area contributed by atoms with Crippen LogP contribution in [0.15, 0.2) is 53.5 Å². The average Bonchev–Trinajstić information content (AvgIpc) is 2.84. The van der Waals surface area contributed by atoms with E-state index in [4.69, 9.17) is 11.6 Å². The summed E-state index contributed by atoms with van der Waals surface area (Å²) in [6, 6.07) is 14.3. The zero-order valence-corrected chi connectivity index (χ0v) is 14.6. The summed E-state index contributed by atoms with van der Waals surface area (Å²) >= 11 is 6.14. The molecule has 0 bridgehead atoms. The van der Waals surface area contributed by atoms with Gasteiger partial charge in [-0.15, -0.1) is 0 Å². The van der Waals surface area contributed by atoms with E-state index in [0.717, 1.165) is 33.9 Å². The van der Waals surface area contributed by atoms with Crippen molar-refractivity contribution in [2.24, 2.45) is 4.99 Å². The van der Waals surface area contributed by atoms with Crippen LogP contribution in [0.25, 0.3) is 5.69 Å². The number of aromatic nitrogens is 1. The molecular formula is C20H18ClFN2. The molecule has 0 aliphatic carbocycles. The molecule has 1 heterocycles. The van der Waals surface area contributed by atoms with Crippen molar-refractivity contribution < 1.29 is 4.39 Å². The van der Waals surface area contributed by atoms with E-state index in [2.05, 4.69) is 15.6 Å². The molecule has 0 fully saturated rings. The lowest BCUT2D eigenvalue weighted by Crippen LogP contribution is -1.99. The van der Waals surface area contributed by atoms with Crippen molar-refractivity contribution in [1.82, 2.24) is 4.57 Å². The Hall–Kier alpha value is -2.39. The van der Waals surface area contributed by atoms with Crippen molar-refractivity contribution >= 4 is 23.5 Å². The molecule has 0 saturated heterocycles. The van der Waals surface area contributed by atoms with Crippen LogP contribution in [0.5, 0.6) is 0 Å². The van der Waals surface area contributed by atoms with E-state index in [1.165, 1.54) is 12.1 Å². The van der Waals surface area contributed by atoms with Crippen LogP contribution in [0, 0.1) is 26.6 Å². The summed E-state index contributed by atoms with van der Waals surface area (Å²) < 4.78 is 15.2. The van der Waals surface area contributed by atoms with Gasteiger partial charge in [0.25, 0.3) is 0 Å². The fourth-order valence-electron chi connectivity index (χ4n) is 2.71. The topological polar surface area (TPSA) is 17.3 Å². The monoisotopic (exact) mass is 340 g/mol. The number of halogens is 2. The SMILES string of the molecule is Cc1ccc(N=Cc2cc(C)n(-c3ccc(F)cc3)c2C)cc1Cl. The minimum Gasteiger partial charge on any atom is -0.318 e. The number of nitrogens with zero attached hydrogens (tertiary/aromatic N) is 2. The maximum atomic E-state index is 13.1. The maximum absolute atomic E-state index is 13.1. The Morgan fingerprint density at radius 2 is 1.71 bits per heavy atom. The smallest absolute Gasteiger partial charge is 0.123 e. The third-order valence-corrected chi connectivity index (χ3v) is 4.47. The summed E-state index contributed by atoms with van der Waals surface area (Å²) in [5.41, 5.74) is 5.93. The highest BCUT2D eigenvalue weighted by Crippen LogP contribution is 2.24.